The molecule has 29 heavy (non-hydrogen) atoms. The molecular formula is C22H17N3O4. The van der Waals surface area contributed by atoms with Crippen LogP contribution in [0.25, 0.3) is 22.0 Å². The summed E-state index contributed by atoms with van der Waals surface area (Å²) in [6.45, 7) is 2.51. The van der Waals surface area contributed by atoms with Gasteiger partial charge in [0, 0.05) is 42.3 Å². The van der Waals surface area contributed by atoms with Gasteiger partial charge in [-0.15, -0.1) is 0 Å². The molecule has 1 aromatic heterocycles. The molecule has 7 nitrogen and oxygen atoms in total. The van der Waals surface area contributed by atoms with E-state index in [9.17, 15) is 9.59 Å². The van der Waals surface area contributed by atoms with Gasteiger partial charge >= 0.3 is 0 Å². The normalized spacial score (nSPS) is 17.8. The topological polar surface area (TPSA) is 81.6 Å². The number of benzene rings is 2. The second-order valence-corrected chi connectivity index (χ2v) is 7.30. The monoisotopic (exact) mass is 387 g/mol. The average Bonchev–Trinajstić information content (AvgIpc) is 3.36. The number of ether oxygens (including phenoxy) is 2. The molecule has 0 atom stereocenters. The van der Waals surface area contributed by atoms with Crippen LogP contribution in [-0.4, -0.2) is 29.7 Å². The van der Waals surface area contributed by atoms with Crippen LogP contribution in [0, 0.1) is 0 Å². The second-order valence-electron chi connectivity index (χ2n) is 7.30. The van der Waals surface area contributed by atoms with Gasteiger partial charge in [0.25, 0.3) is 11.8 Å². The number of hydrogen-bond donors (Lipinski definition) is 2. The maximum absolute atomic E-state index is 12.9. The molecular weight excluding hydrogens is 370 g/mol. The summed E-state index contributed by atoms with van der Waals surface area (Å²) in [5, 5.41) is 6.85. The fraction of sp³-hybridized carbons (Fsp3) is 0.182. The summed E-state index contributed by atoms with van der Waals surface area (Å²) < 4.78 is 13.2. The molecule has 2 N–H and O–H groups in total. The van der Waals surface area contributed by atoms with Gasteiger partial charge in [0.1, 0.15) is 0 Å². The van der Waals surface area contributed by atoms with Crippen LogP contribution in [0.3, 0.4) is 0 Å². The maximum Gasteiger partial charge on any atom is 0.259 e. The number of carbonyl (C=O) groups excluding carboxylic acids is 2. The number of imide groups is 1. The number of nitrogens with one attached hydrogen (secondary N) is 2. The van der Waals surface area contributed by atoms with Gasteiger partial charge in [-0.1, -0.05) is 30.3 Å². The zero-order valence-electron chi connectivity index (χ0n) is 15.5. The first-order valence-corrected chi connectivity index (χ1v) is 9.53. The molecule has 3 aromatic rings. The number of rotatable bonds is 2. The lowest BCUT2D eigenvalue weighted by Crippen LogP contribution is -2.22. The van der Waals surface area contributed by atoms with Crippen molar-refractivity contribution in [2.75, 3.05) is 13.3 Å². The van der Waals surface area contributed by atoms with Gasteiger partial charge in [-0.05, 0) is 11.6 Å². The number of fused-ring (bicyclic) bond motifs is 1. The first kappa shape index (κ1) is 16.4. The Labute approximate surface area is 165 Å². The smallest absolute Gasteiger partial charge is 0.259 e. The Kier molecular flexibility index (Phi) is 3.36. The van der Waals surface area contributed by atoms with Crippen LogP contribution in [0.1, 0.15) is 16.7 Å². The molecule has 4 heterocycles. The van der Waals surface area contributed by atoms with Gasteiger partial charge in [0.05, 0.1) is 16.7 Å². The van der Waals surface area contributed by atoms with Crippen molar-refractivity contribution in [1.82, 2.24) is 15.2 Å². The summed E-state index contributed by atoms with van der Waals surface area (Å²) in [5.41, 5.74) is 4.33. The van der Waals surface area contributed by atoms with Crippen LogP contribution < -0.4 is 20.1 Å². The first-order valence-electron chi connectivity index (χ1n) is 9.53. The molecule has 0 saturated carbocycles. The minimum Gasteiger partial charge on any atom is -0.454 e. The molecule has 0 saturated heterocycles. The molecule has 2 aromatic carbocycles. The van der Waals surface area contributed by atoms with Gasteiger partial charge in [-0.25, -0.2) is 0 Å². The maximum atomic E-state index is 12.9. The molecule has 0 spiro atoms. The Balaban J connectivity index is 1.66. The third kappa shape index (κ3) is 2.28. The van der Waals surface area contributed by atoms with E-state index in [-0.39, 0.29) is 12.7 Å². The van der Waals surface area contributed by atoms with Crippen molar-refractivity contribution in [3.63, 3.8) is 0 Å². The van der Waals surface area contributed by atoms with E-state index in [0.717, 1.165) is 36.1 Å². The number of para-hydroxylation sites is 2. The van der Waals surface area contributed by atoms with Crippen LogP contribution in [-0.2, 0) is 22.7 Å². The lowest BCUT2D eigenvalue weighted by atomic mass is 9.94. The summed E-state index contributed by atoms with van der Waals surface area (Å²) in [5.74, 6) is 0.271. The Morgan fingerprint density at radius 1 is 0.931 bits per heavy atom. The fourth-order valence-electron chi connectivity index (χ4n) is 4.47. The highest BCUT2D eigenvalue weighted by molar-refractivity contribution is 6.50. The van der Waals surface area contributed by atoms with Crippen LogP contribution in [0.15, 0.2) is 42.6 Å². The molecule has 2 amide bonds. The van der Waals surface area contributed by atoms with Gasteiger partial charge in [0.15, 0.2) is 11.5 Å². The number of hydrogen-bond acceptors (Lipinski definition) is 5. The minimum atomic E-state index is -0.417. The molecule has 3 aliphatic rings. The Morgan fingerprint density at radius 3 is 2.66 bits per heavy atom. The first-order chi connectivity index (χ1) is 14.2. The number of carbonyl (C=O) groups is 2. The highest BCUT2D eigenvalue weighted by Gasteiger charge is 2.36. The molecule has 0 fully saturated rings. The third-order valence-corrected chi connectivity index (χ3v) is 5.69. The van der Waals surface area contributed by atoms with E-state index < -0.39 is 5.91 Å². The lowest BCUT2D eigenvalue weighted by Gasteiger charge is -2.08. The Hall–Kier alpha value is -3.58. The van der Waals surface area contributed by atoms with Crippen molar-refractivity contribution >= 4 is 33.9 Å². The lowest BCUT2D eigenvalue weighted by molar-refractivity contribution is -0.122. The van der Waals surface area contributed by atoms with Crippen LogP contribution >= 0.6 is 0 Å². The molecule has 0 radical (unpaired) electrons. The van der Waals surface area contributed by atoms with E-state index >= 15 is 0 Å². The average molecular weight is 387 g/mol. The molecule has 7 heteroatoms. The van der Waals surface area contributed by atoms with Crippen molar-refractivity contribution < 1.29 is 19.1 Å². The largest absolute Gasteiger partial charge is 0.454 e. The number of amides is 2. The van der Waals surface area contributed by atoms with E-state index in [0.29, 0.717) is 28.2 Å². The minimum absolute atomic E-state index is 0.0974. The molecule has 0 unspecified atom stereocenters. The predicted octanol–water partition coefficient (Wildman–Crippen LogP) is 2.04. The zero-order chi connectivity index (χ0) is 19.5. The predicted molar refractivity (Wildman–Crippen MR) is 106 cm³/mol. The van der Waals surface area contributed by atoms with Gasteiger partial charge in [-0.2, -0.15) is 0 Å². The van der Waals surface area contributed by atoms with Gasteiger partial charge in [-0.3, -0.25) is 14.9 Å². The summed E-state index contributed by atoms with van der Waals surface area (Å²) in [7, 11) is 0. The molecule has 144 valence electrons. The standard InChI is InChI=1S/C22H17N3O4/c26-21-17(14-5-2-6-16-20(14)29-11-28-16)18(22(27)24-21)15-10-25-8-7-23-9-12-3-1-4-13(15)19(12)25/h1-6,10,23H,7-9,11H2,(H,24,26,27). The molecule has 3 aliphatic heterocycles. The highest BCUT2D eigenvalue weighted by atomic mass is 16.7. The zero-order valence-corrected chi connectivity index (χ0v) is 15.5. The van der Waals surface area contributed by atoms with E-state index in [4.69, 9.17) is 9.47 Å². The SMILES string of the molecule is O=C1NC(=O)C(c2cn3c4c(cccc24)CNCC3)=C1c1cccc2c1OCO2. The summed E-state index contributed by atoms with van der Waals surface area (Å²) in [6, 6.07) is 11.5. The Bertz CT molecular complexity index is 1250. The van der Waals surface area contributed by atoms with Crippen molar-refractivity contribution in [2.45, 2.75) is 13.1 Å². The Morgan fingerprint density at radius 2 is 1.76 bits per heavy atom. The molecule has 6 rings (SSSR count). The highest BCUT2D eigenvalue weighted by Crippen LogP contribution is 2.44. The number of aromatic nitrogens is 1. The molecule has 0 aliphatic carbocycles. The van der Waals surface area contributed by atoms with Crippen molar-refractivity contribution in [2.24, 2.45) is 0 Å². The van der Waals surface area contributed by atoms with Crippen LogP contribution in [0.2, 0.25) is 0 Å². The van der Waals surface area contributed by atoms with Crippen LogP contribution in [0.5, 0.6) is 11.5 Å². The van der Waals surface area contributed by atoms with Crippen LogP contribution in [0.4, 0.5) is 0 Å². The van der Waals surface area contributed by atoms with E-state index in [1.165, 1.54) is 5.56 Å². The van der Waals surface area contributed by atoms with Crippen molar-refractivity contribution in [3.8, 4) is 11.5 Å². The summed E-state index contributed by atoms with van der Waals surface area (Å²) in [6.07, 6.45) is 1.98. The quantitative estimate of drug-likeness (QED) is 0.658. The van der Waals surface area contributed by atoms with E-state index in [2.05, 4.69) is 21.3 Å². The summed E-state index contributed by atoms with van der Waals surface area (Å²) in [4.78, 5) is 25.7. The summed E-state index contributed by atoms with van der Waals surface area (Å²) >= 11 is 0. The number of nitrogens with zero attached hydrogens (tertiary/aromatic N) is 1. The fourth-order valence-corrected chi connectivity index (χ4v) is 4.47. The van der Waals surface area contributed by atoms with E-state index in [1.807, 2.05) is 18.3 Å². The van der Waals surface area contributed by atoms with E-state index in [1.54, 1.807) is 18.2 Å². The van der Waals surface area contributed by atoms with Gasteiger partial charge in [0.2, 0.25) is 6.79 Å². The third-order valence-electron chi connectivity index (χ3n) is 5.69. The van der Waals surface area contributed by atoms with Gasteiger partial charge < -0.3 is 19.4 Å². The second kappa shape index (κ2) is 5.96. The molecule has 0 bridgehead atoms. The van der Waals surface area contributed by atoms with Crippen molar-refractivity contribution in [3.05, 3.63) is 59.3 Å². The van der Waals surface area contributed by atoms with Crippen molar-refractivity contribution in [1.29, 1.82) is 0 Å².